The van der Waals surface area contributed by atoms with E-state index in [1.54, 1.807) is 31.2 Å². The molecule has 1 saturated carbocycles. The summed E-state index contributed by atoms with van der Waals surface area (Å²) in [7, 11) is -3.20. The summed E-state index contributed by atoms with van der Waals surface area (Å²) >= 11 is 0. The fraction of sp³-hybridized carbons (Fsp3) is 0.647. The second kappa shape index (κ2) is 6.16. The van der Waals surface area contributed by atoms with E-state index in [-0.39, 0.29) is 4.90 Å². The van der Waals surface area contributed by atoms with Crippen LogP contribution in [0.5, 0.6) is 0 Å². The third kappa shape index (κ3) is 4.12. The minimum atomic E-state index is -3.20. The summed E-state index contributed by atoms with van der Waals surface area (Å²) in [5, 5.41) is 10.8. The maximum atomic E-state index is 11.5. The molecule has 2 fully saturated rings. The van der Waals surface area contributed by atoms with Crippen molar-refractivity contribution in [3.8, 4) is 0 Å². The molecule has 6 heteroatoms. The van der Waals surface area contributed by atoms with Crippen molar-refractivity contribution in [3.05, 3.63) is 29.8 Å². The van der Waals surface area contributed by atoms with Crippen LogP contribution in [0, 0.1) is 0 Å². The van der Waals surface area contributed by atoms with Gasteiger partial charge in [-0.15, -0.1) is 0 Å². The summed E-state index contributed by atoms with van der Waals surface area (Å²) in [6, 6.07) is 7.39. The normalized spacial score (nSPS) is 23.6. The topological polar surface area (TPSA) is 60.9 Å². The second-order valence-electron chi connectivity index (χ2n) is 7.11. The molecule has 0 spiro atoms. The van der Waals surface area contributed by atoms with Gasteiger partial charge in [0.2, 0.25) is 0 Å². The van der Waals surface area contributed by atoms with Gasteiger partial charge in [0.15, 0.2) is 9.84 Å². The van der Waals surface area contributed by atoms with Crippen LogP contribution in [-0.2, 0) is 15.4 Å². The van der Waals surface area contributed by atoms with E-state index in [1.807, 2.05) is 0 Å². The summed E-state index contributed by atoms with van der Waals surface area (Å²) in [5.74, 6) is 0. The zero-order valence-electron chi connectivity index (χ0n) is 13.9. The standard InChI is InChI=1S/C17H26N2O3S/c1-17(20,14-3-7-16(8-4-14)23(2,21)22)13-18-9-11-19(12-10-18)15-5-6-15/h3-4,7-8,15,20H,5-6,9-13H2,1-2H3. The van der Waals surface area contributed by atoms with Crippen LogP contribution in [0.4, 0.5) is 0 Å². The minimum Gasteiger partial charge on any atom is -0.384 e. The summed E-state index contributed by atoms with van der Waals surface area (Å²) in [6.07, 6.45) is 3.87. The molecule has 128 valence electrons. The predicted molar refractivity (Wildman–Crippen MR) is 90.2 cm³/mol. The number of benzene rings is 1. The average Bonchev–Trinajstić information content (AvgIpc) is 3.32. The predicted octanol–water partition coefficient (Wildman–Crippen LogP) is 1.08. The summed E-state index contributed by atoms with van der Waals surface area (Å²) < 4.78 is 23.1. The fourth-order valence-corrected chi connectivity index (χ4v) is 3.94. The van der Waals surface area contributed by atoms with Crippen molar-refractivity contribution in [2.24, 2.45) is 0 Å². The zero-order chi connectivity index (χ0) is 16.7. The number of aliphatic hydroxyl groups is 1. The van der Waals surface area contributed by atoms with E-state index in [4.69, 9.17) is 0 Å². The van der Waals surface area contributed by atoms with Crippen molar-refractivity contribution in [2.45, 2.75) is 36.3 Å². The van der Waals surface area contributed by atoms with Crippen LogP contribution in [0.3, 0.4) is 0 Å². The highest BCUT2D eigenvalue weighted by Gasteiger charge is 2.33. The van der Waals surface area contributed by atoms with Crippen molar-refractivity contribution in [2.75, 3.05) is 39.0 Å². The lowest BCUT2D eigenvalue weighted by molar-refractivity contribution is -0.000422. The van der Waals surface area contributed by atoms with E-state index in [2.05, 4.69) is 9.80 Å². The van der Waals surface area contributed by atoms with Crippen molar-refractivity contribution >= 4 is 9.84 Å². The molecule has 5 nitrogen and oxygen atoms in total. The molecule has 3 rings (SSSR count). The number of nitrogens with zero attached hydrogens (tertiary/aromatic N) is 2. The maximum Gasteiger partial charge on any atom is 0.175 e. The Morgan fingerprint density at radius 1 is 1.13 bits per heavy atom. The summed E-state index contributed by atoms with van der Waals surface area (Å²) in [4.78, 5) is 5.13. The van der Waals surface area contributed by atoms with Gasteiger partial charge in [0.05, 0.1) is 10.5 Å². The largest absolute Gasteiger partial charge is 0.384 e. The van der Waals surface area contributed by atoms with Crippen molar-refractivity contribution < 1.29 is 13.5 Å². The molecule has 1 aliphatic carbocycles. The summed E-state index contributed by atoms with van der Waals surface area (Å²) in [5.41, 5.74) is -0.216. The van der Waals surface area contributed by atoms with E-state index in [0.717, 1.165) is 37.8 Å². The van der Waals surface area contributed by atoms with Gasteiger partial charge in [-0.1, -0.05) is 12.1 Å². The molecule has 1 saturated heterocycles. The molecular formula is C17H26N2O3S. The molecule has 0 bridgehead atoms. The number of hydrogen-bond acceptors (Lipinski definition) is 5. The molecule has 1 atom stereocenters. The zero-order valence-corrected chi connectivity index (χ0v) is 14.7. The molecule has 1 unspecified atom stereocenters. The Morgan fingerprint density at radius 3 is 2.17 bits per heavy atom. The van der Waals surface area contributed by atoms with Crippen LogP contribution >= 0.6 is 0 Å². The van der Waals surface area contributed by atoms with Gasteiger partial charge in [0.1, 0.15) is 0 Å². The molecule has 1 heterocycles. The molecule has 1 aliphatic heterocycles. The van der Waals surface area contributed by atoms with E-state index in [9.17, 15) is 13.5 Å². The van der Waals surface area contributed by atoms with Crippen LogP contribution in [0.2, 0.25) is 0 Å². The first-order chi connectivity index (χ1) is 10.8. The van der Waals surface area contributed by atoms with Gasteiger partial charge in [-0.25, -0.2) is 8.42 Å². The molecule has 2 aliphatic rings. The first-order valence-electron chi connectivity index (χ1n) is 8.25. The van der Waals surface area contributed by atoms with E-state index >= 15 is 0 Å². The van der Waals surface area contributed by atoms with E-state index < -0.39 is 15.4 Å². The lowest BCUT2D eigenvalue weighted by Crippen LogP contribution is -2.50. The SMILES string of the molecule is CC(O)(CN1CCN(C2CC2)CC1)c1ccc(S(C)(=O)=O)cc1. The van der Waals surface area contributed by atoms with E-state index in [1.165, 1.54) is 19.1 Å². The smallest absolute Gasteiger partial charge is 0.175 e. The quantitative estimate of drug-likeness (QED) is 0.870. The van der Waals surface area contributed by atoms with Crippen molar-refractivity contribution in [1.82, 2.24) is 9.80 Å². The third-order valence-corrected chi connectivity index (χ3v) is 6.03. The van der Waals surface area contributed by atoms with Gasteiger partial charge in [-0.2, -0.15) is 0 Å². The average molecular weight is 338 g/mol. The van der Waals surface area contributed by atoms with Gasteiger partial charge in [0, 0.05) is 45.0 Å². The number of rotatable bonds is 5. The molecule has 1 aromatic rings. The van der Waals surface area contributed by atoms with Crippen LogP contribution in [-0.4, -0.2) is 68.3 Å². The van der Waals surface area contributed by atoms with E-state index in [0.29, 0.717) is 6.54 Å². The first kappa shape index (κ1) is 16.9. The highest BCUT2D eigenvalue weighted by atomic mass is 32.2. The molecule has 23 heavy (non-hydrogen) atoms. The Hall–Kier alpha value is -0.950. The molecular weight excluding hydrogens is 312 g/mol. The Kier molecular flexibility index (Phi) is 4.53. The number of piperazine rings is 1. The first-order valence-corrected chi connectivity index (χ1v) is 10.1. The van der Waals surface area contributed by atoms with Gasteiger partial charge in [-0.3, -0.25) is 9.80 Å². The fourth-order valence-electron chi connectivity index (χ4n) is 3.31. The van der Waals surface area contributed by atoms with Crippen LogP contribution in [0.1, 0.15) is 25.3 Å². The van der Waals surface area contributed by atoms with Crippen molar-refractivity contribution in [1.29, 1.82) is 0 Å². The van der Waals surface area contributed by atoms with Crippen LogP contribution < -0.4 is 0 Å². The Morgan fingerprint density at radius 2 is 1.70 bits per heavy atom. The highest BCUT2D eigenvalue weighted by Crippen LogP contribution is 2.28. The molecule has 1 aromatic carbocycles. The lowest BCUT2D eigenvalue weighted by Gasteiger charge is -2.38. The van der Waals surface area contributed by atoms with Crippen LogP contribution in [0.25, 0.3) is 0 Å². The van der Waals surface area contributed by atoms with Crippen molar-refractivity contribution in [3.63, 3.8) is 0 Å². The number of β-amino-alcohol motifs (C(OH)–C–C–N with tert-alkyl or cyclic N) is 1. The number of hydrogen-bond donors (Lipinski definition) is 1. The van der Waals surface area contributed by atoms with Gasteiger partial charge >= 0.3 is 0 Å². The Bertz CT molecular complexity index is 643. The minimum absolute atomic E-state index is 0.287. The molecule has 0 radical (unpaired) electrons. The molecule has 0 amide bonds. The molecule has 0 aromatic heterocycles. The van der Waals surface area contributed by atoms with Gasteiger partial charge in [-0.05, 0) is 37.5 Å². The third-order valence-electron chi connectivity index (χ3n) is 4.91. The maximum absolute atomic E-state index is 11.5. The number of sulfone groups is 1. The second-order valence-corrected chi connectivity index (χ2v) is 9.13. The van der Waals surface area contributed by atoms with Crippen LogP contribution in [0.15, 0.2) is 29.2 Å². The highest BCUT2D eigenvalue weighted by molar-refractivity contribution is 7.90. The monoisotopic (exact) mass is 338 g/mol. The Balaban J connectivity index is 1.62. The van der Waals surface area contributed by atoms with Gasteiger partial charge < -0.3 is 5.11 Å². The molecule has 1 N–H and O–H groups in total. The Labute approximate surface area is 138 Å². The lowest BCUT2D eigenvalue weighted by atomic mass is 9.95. The summed E-state index contributed by atoms with van der Waals surface area (Å²) in [6.45, 7) is 6.49. The van der Waals surface area contributed by atoms with Gasteiger partial charge in [0.25, 0.3) is 0 Å².